The number of likely N-dealkylation sites (N-methyl/N-ethyl adjacent to an activating group) is 1. The van der Waals surface area contributed by atoms with Crippen LogP contribution in [0, 0.1) is 0 Å². The Balaban J connectivity index is 4.42. The Kier molecular flexibility index (Phi) is 27.4. The summed E-state index contributed by atoms with van der Waals surface area (Å²) < 4.78 is 34.2. The molecule has 0 bridgehead atoms. The highest BCUT2D eigenvalue weighted by molar-refractivity contribution is 7.45. The summed E-state index contributed by atoms with van der Waals surface area (Å²) in [6, 6.07) is 0. The molecule has 2 atom stereocenters. The first-order valence-corrected chi connectivity index (χ1v) is 18.2. The number of rotatable bonds is 30. The first kappa shape index (κ1) is 41.7. The van der Waals surface area contributed by atoms with Gasteiger partial charge in [-0.1, -0.05) is 102 Å². The van der Waals surface area contributed by atoms with Gasteiger partial charge in [0.1, 0.15) is 19.3 Å². The number of allylic oxidation sites excluding steroid dienone is 6. The van der Waals surface area contributed by atoms with Crippen LogP contribution in [0.5, 0.6) is 0 Å². The fraction of sp³-hybridized carbons (Fsp3) is 0.794. The Hall–Kier alpha value is -1.28. The second kappa shape index (κ2) is 28.2. The van der Waals surface area contributed by atoms with E-state index in [0.717, 1.165) is 57.8 Å². The summed E-state index contributed by atoms with van der Waals surface area (Å²) in [6.07, 6.45) is 28.7. The largest absolute Gasteiger partial charge is 0.756 e. The van der Waals surface area contributed by atoms with Crippen molar-refractivity contribution in [1.82, 2.24) is 0 Å². The number of esters is 1. The zero-order valence-electron chi connectivity index (χ0n) is 28.1. The van der Waals surface area contributed by atoms with Gasteiger partial charge in [-0.2, -0.15) is 0 Å². The SMILES string of the molecule is CC/C=C\C/C=C\C/C=C\CCCCCC(=O)OC(COCCCCCCCCCC)COP(=O)([O-])OCC[N+](C)(C)C. The molecular formula is C34H64NO7P. The minimum atomic E-state index is -4.51. The van der Waals surface area contributed by atoms with Gasteiger partial charge in [-0.3, -0.25) is 9.36 Å². The highest BCUT2D eigenvalue weighted by atomic mass is 31.2. The van der Waals surface area contributed by atoms with Crippen molar-refractivity contribution in [3.05, 3.63) is 36.5 Å². The van der Waals surface area contributed by atoms with E-state index >= 15 is 0 Å². The first-order chi connectivity index (χ1) is 20.6. The van der Waals surface area contributed by atoms with E-state index < -0.39 is 13.9 Å². The summed E-state index contributed by atoms with van der Waals surface area (Å²) >= 11 is 0. The average molecular weight is 630 g/mol. The van der Waals surface area contributed by atoms with Crippen molar-refractivity contribution in [1.29, 1.82) is 0 Å². The number of unbranched alkanes of at least 4 members (excludes halogenated alkanes) is 10. The third-order valence-electron chi connectivity index (χ3n) is 6.71. The summed E-state index contributed by atoms with van der Waals surface area (Å²) in [4.78, 5) is 24.7. The second-order valence-electron chi connectivity index (χ2n) is 12.1. The molecule has 0 spiro atoms. The number of hydrogen-bond acceptors (Lipinski definition) is 7. The zero-order valence-corrected chi connectivity index (χ0v) is 29.0. The van der Waals surface area contributed by atoms with Crippen molar-refractivity contribution in [2.45, 2.75) is 123 Å². The monoisotopic (exact) mass is 629 g/mol. The molecule has 0 aliphatic rings. The average Bonchev–Trinajstić information content (AvgIpc) is 2.94. The maximum Gasteiger partial charge on any atom is 0.306 e. The molecule has 8 nitrogen and oxygen atoms in total. The predicted molar refractivity (Wildman–Crippen MR) is 176 cm³/mol. The standard InChI is InChI=1S/C34H64NO7P/c1-6-8-10-12-14-16-17-18-19-20-21-23-25-27-34(36)42-33(31-39-29-26-24-22-15-13-11-9-7-2)32-41-43(37,38)40-30-28-35(3,4)5/h8,10,14,16,18-19,33H,6-7,9,11-13,15,17,20-32H2,1-5H3/b10-8-,16-14-,19-18-. The summed E-state index contributed by atoms with van der Waals surface area (Å²) in [7, 11) is 1.33. The van der Waals surface area contributed by atoms with Gasteiger partial charge >= 0.3 is 5.97 Å². The zero-order chi connectivity index (χ0) is 32.1. The van der Waals surface area contributed by atoms with Gasteiger partial charge in [-0.05, 0) is 44.9 Å². The van der Waals surface area contributed by atoms with Gasteiger partial charge in [0.2, 0.25) is 0 Å². The van der Waals surface area contributed by atoms with Crippen LogP contribution >= 0.6 is 7.82 Å². The van der Waals surface area contributed by atoms with Gasteiger partial charge in [0.05, 0.1) is 34.4 Å². The number of ether oxygens (including phenoxy) is 2. The highest BCUT2D eigenvalue weighted by Gasteiger charge is 2.20. The fourth-order valence-electron chi connectivity index (χ4n) is 4.09. The molecule has 0 aromatic rings. The van der Waals surface area contributed by atoms with E-state index in [0.29, 0.717) is 17.6 Å². The Morgan fingerprint density at radius 1 is 0.744 bits per heavy atom. The number of nitrogens with zero attached hydrogens (tertiary/aromatic N) is 1. The molecule has 0 fully saturated rings. The molecule has 0 saturated heterocycles. The molecule has 0 amide bonds. The summed E-state index contributed by atoms with van der Waals surface area (Å²) in [6.45, 7) is 5.20. The Morgan fingerprint density at radius 2 is 1.35 bits per heavy atom. The van der Waals surface area contributed by atoms with Crippen molar-refractivity contribution in [2.75, 3.05) is 54.1 Å². The normalized spacial score (nSPS) is 14.7. The second-order valence-corrected chi connectivity index (χ2v) is 13.6. The number of carbonyl (C=O) groups is 1. The number of quaternary nitrogens is 1. The minimum Gasteiger partial charge on any atom is -0.756 e. The van der Waals surface area contributed by atoms with Crippen molar-refractivity contribution in [3.8, 4) is 0 Å². The highest BCUT2D eigenvalue weighted by Crippen LogP contribution is 2.38. The molecule has 0 aliphatic heterocycles. The van der Waals surface area contributed by atoms with Crippen LogP contribution in [0.15, 0.2) is 36.5 Å². The van der Waals surface area contributed by atoms with Gasteiger partial charge in [0.25, 0.3) is 7.82 Å². The number of hydrogen-bond donors (Lipinski definition) is 0. The molecule has 0 heterocycles. The van der Waals surface area contributed by atoms with E-state index in [2.05, 4.69) is 50.3 Å². The van der Waals surface area contributed by atoms with Crippen LogP contribution in [0.25, 0.3) is 0 Å². The topological polar surface area (TPSA) is 94.1 Å². The lowest BCUT2D eigenvalue weighted by Crippen LogP contribution is -2.37. The van der Waals surface area contributed by atoms with Crippen LogP contribution in [0.3, 0.4) is 0 Å². The van der Waals surface area contributed by atoms with Crippen LogP contribution in [-0.4, -0.2) is 70.7 Å². The third kappa shape index (κ3) is 31.9. The van der Waals surface area contributed by atoms with E-state index in [1.807, 2.05) is 21.1 Å². The molecule has 0 rings (SSSR count). The molecule has 0 N–H and O–H groups in total. The molecule has 0 aromatic carbocycles. The summed E-state index contributed by atoms with van der Waals surface area (Å²) in [5.74, 6) is -0.367. The lowest BCUT2D eigenvalue weighted by molar-refractivity contribution is -0.870. The van der Waals surface area contributed by atoms with E-state index in [4.69, 9.17) is 18.5 Å². The van der Waals surface area contributed by atoms with Crippen LogP contribution in [0.2, 0.25) is 0 Å². The van der Waals surface area contributed by atoms with Crippen LogP contribution in [0.4, 0.5) is 0 Å². The Morgan fingerprint density at radius 3 is 2.00 bits per heavy atom. The Bertz CT molecular complexity index is 792. The maximum absolute atomic E-state index is 12.5. The third-order valence-corrected chi connectivity index (χ3v) is 7.67. The molecule has 252 valence electrons. The van der Waals surface area contributed by atoms with Crippen molar-refractivity contribution in [3.63, 3.8) is 0 Å². The van der Waals surface area contributed by atoms with Crippen LogP contribution in [0.1, 0.15) is 117 Å². The van der Waals surface area contributed by atoms with Crippen molar-refractivity contribution < 1.29 is 37.3 Å². The quantitative estimate of drug-likeness (QED) is 0.0261. The molecular weight excluding hydrogens is 565 g/mol. The van der Waals surface area contributed by atoms with E-state index in [9.17, 15) is 14.3 Å². The molecule has 0 saturated carbocycles. The number of phosphoric acid groups is 1. The van der Waals surface area contributed by atoms with Gasteiger partial charge in [-0.15, -0.1) is 0 Å². The van der Waals surface area contributed by atoms with E-state index in [1.165, 1.54) is 38.5 Å². The number of phosphoric ester groups is 1. The van der Waals surface area contributed by atoms with Crippen molar-refractivity contribution in [2.24, 2.45) is 0 Å². The lowest BCUT2D eigenvalue weighted by Gasteiger charge is -2.28. The maximum atomic E-state index is 12.5. The van der Waals surface area contributed by atoms with Crippen molar-refractivity contribution >= 4 is 13.8 Å². The molecule has 2 unspecified atom stereocenters. The summed E-state index contributed by atoms with van der Waals surface area (Å²) in [5.41, 5.74) is 0. The number of carbonyl (C=O) groups excluding carboxylic acids is 1. The fourth-order valence-corrected chi connectivity index (χ4v) is 4.82. The van der Waals surface area contributed by atoms with Gasteiger partial charge in [0, 0.05) is 13.0 Å². The van der Waals surface area contributed by atoms with Crippen LogP contribution in [-0.2, 0) is 27.9 Å². The van der Waals surface area contributed by atoms with E-state index in [-0.39, 0.29) is 32.2 Å². The predicted octanol–water partition coefficient (Wildman–Crippen LogP) is 8.07. The molecule has 0 aliphatic carbocycles. The summed E-state index contributed by atoms with van der Waals surface area (Å²) in [5, 5.41) is 0. The van der Waals surface area contributed by atoms with Gasteiger partial charge in [-0.25, -0.2) is 0 Å². The molecule has 0 radical (unpaired) electrons. The lowest BCUT2D eigenvalue weighted by atomic mass is 10.1. The minimum absolute atomic E-state index is 0.0200. The first-order valence-electron chi connectivity index (χ1n) is 16.7. The molecule has 43 heavy (non-hydrogen) atoms. The Labute approximate surface area is 264 Å². The van der Waals surface area contributed by atoms with Gasteiger partial charge in [0.15, 0.2) is 0 Å². The molecule has 9 heteroatoms. The molecule has 0 aromatic heterocycles. The van der Waals surface area contributed by atoms with Gasteiger partial charge < -0.3 is 27.9 Å². The smallest absolute Gasteiger partial charge is 0.306 e. The van der Waals surface area contributed by atoms with Crippen LogP contribution < -0.4 is 4.89 Å². The van der Waals surface area contributed by atoms with E-state index in [1.54, 1.807) is 0 Å².